The molecule has 110 valence electrons. The van der Waals surface area contributed by atoms with Crippen LogP contribution in [0.25, 0.3) is 0 Å². The minimum absolute atomic E-state index is 0.214. The lowest BCUT2D eigenvalue weighted by atomic mass is 10.0. The van der Waals surface area contributed by atoms with Crippen molar-refractivity contribution in [3.05, 3.63) is 21.0 Å². The van der Waals surface area contributed by atoms with Crippen LogP contribution in [0, 0.1) is 0 Å². The summed E-state index contributed by atoms with van der Waals surface area (Å²) in [5.41, 5.74) is -0.0161. The molecule has 0 radical (unpaired) electrons. The topological polar surface area (TPSA) is 82.5 Å². The number of nitrogens with zero attached hydrogens (tertiary/aromatic N) is 2. The monoisotopic (exact) mass is 345 g/mol. The summed E-state index contributed by atoms with van der Waals surface area (Å²) in [5, 5.41) is 7.23. The average molecular weight is 346 g/mol. The lowest BCUT2D eigenvalue weighted by Gasteiger charge is -2.25. The number of hydrogen-bond acceptors (Lipinski definition) is 6. The van der Waals surface area contributed by atoms with Crippen molar-refractivity contribution in [2.75, 3.05) is 25.6 Å². The largest absolute Gasteiger partial charge is 0.468 e. The molecule has 1 fully saturated rings. The minimum Gasteiger partial charge on any atom is -0.468 e. The number of halogens is 1. The number of carbonyl (C=O) groups excluding carboxylic acids is 1. The molecule has 1 aromatic heterocycles. The van der Waals surface area contributed by atoms with Crippen LogP contribution in [-0.4, -0.2) is 41.6 Å². The molecule has 0 amide bonds. The number of ether oxygens (including phenoxy) is 2. The van der Waals surface area contributed by atoms with Gasteiger partial charge in [-0.25, -0.2) is 4.68 Å². The van der Waals surface area contributed by atoms with Crippen molar-refractivity contribution in [1.82, 2.24) is 9.78 Å². The fourth-order valence-corrected chi connectivity index (χ4v) is 2.35. The Kier molecular flexibility index (Phi) is 4.44. The molecule has 20 heavy (non-hydrogen) atoms. The smallest absolute Gasteiger partial charge is 0.327 e. The molecule has 0 spiro atoms. The molecule has 0 aromatic carbocycles. The Morgan fingerprint density at radius 2 is 2.45 bits per heavy atom. The second-order valence-electron chi connectivity index (χ2n) is 4.90. The van der Waals surface area contributed by atoms with Crippen molar-refractivity contribution in [2.24, 2.45) is 0 Å². The molecule has 1 aliphatic rings. The molecule has 8 heteroatoms. The second kappa shape index (κ2) is 5.92. The quantitative estimate of drug-likeness (QED) is 0.811. The van der Waals surface area contributed by atoms with Crippen molar-refractivity contribution < 1.29 is 14.3 Å². The molecule has 7 nitrogen and oxygen atoms in total. The van der Waals surface area contributed by atoms with Crippen LogP contribution in [0.5, 0.6) is 0 Å². The van der Waals surface area contributed by atoms with E-state index in [9.17, 15) is 9.59 Å². The number of nitrogens with one attached hydrogen (secondary N) is 1. The molecular weight excluding hydrogens is 330 g/mol. The zero-order chi connectivity index (χ0) is 14.8. The van der Waals surface area contributed by atoms with Gasteiger partial charge in [0.1, 0.15) is 11.0 Å². The zero-order valence-corrected chi connectivity index (χ0v) is 12.9. The van der Waals surface area contributed by atoms with E-state index in [4.69, 9.17) is 4.74 Å². The first-order valence-corrected chi connectivity index (χ1v) is 6.93. The van der Waals surface area contributed by atoms with Gasteiger partial charge in [-0.05, 0) is 29.3 Å². The Bertz CT molecular complexity index is 566. The highest BCUT2D eigenvalue weighted by Gasteiger charge is 2.30. The number of hydrogen-bond donors (Lipinski definition) is 1. The van der Waals surface area contributed by atoms with Crippen LogP contribution in [0.3, 0.4) is 0 Å². The molecular formula is C12H16BrN3O4. The number of rotatable bonds is 4. The molecule has 1 unspecified atom stereocenters. The Labute approximate surface area is 124 Å². The minimum atomic E-state index is -0.525. The molecule has 2 rings (SSSR count). The summed E-state index contributed by atoms with van der Waals surface area (Å²) in [4.78, 5) is 23.3. The van der Waals surface area contributed by atoms with E-state index in [0.29, 0.717) is 23.4 Å². The average Bonchev–Trinajstić information content (AvgIpc) is 2.85. The molecule has 1 aromatic rings. The van der Waals surface area contributed by atoms with E-state index >= 15 is 0 Å². The predicted molar refractivity (Wildman–Crippen MR) is 75.7 cm³/mol. The van der Waals surface area contributed by atoms with Gasteiger partial charge in [0.25, 0.3) is 5.56 Å². The fourth-order valence-electron chi connectivity index (χ4n) is 1.94. The van der Waals surface area contributed by atoms with E-state index in [1.54, 1.807) is 0 Å². The van der Waals surface area contributed by atoms with E-state index in [0.717, 1.165) is 11.1 Å². The van der Waals surface area contributed by atoms with E-state index < -0.39 is 5.97 Å². The summed E-state index contributed by atoms with van der Waals surface area (Å²) in [5.74, 6) is -0.525. The van der Waals surface area contributed by atoms with Crippen LogP contribution in [0.1, 0.15) is 13.3 Å². The highest BCUT2D eigenvalue weighted by atomic mass is 79.9. The fraction of sp³-hybridized carbons (Fsp3) is 0.583. The molecule has 2 heterocycles. The maximum atomic E-state index is 12.1. The number of esters is 1. The van der Waals surface area contributed by atoms with Crippen LogP contribution in [0.4, 0.5) is 5.69 Å². The van der Waals surface area contributed by atoms with Crippen molar-refractivity contribution in [3.8, 4) is 0 Å². The van der Waals surface area contributed by atoms with Crippen molar-refractivity contribution in [1.29, 1.82) is 0 Å². The van der Waals surface area contributed by atoms with E-state index in [1.807, 2.05) is 6.92 Å². The first-order valence-electron chi connectivity index (χ1n) is 6.13. The molecule has 1 aliphatic heterocycles. The van der Waals surface area contributed by atoms with Crippen molar-refractivity contribution in [2.45, 2.75) is 25.4 Å². The molecule has 1 saturated heterocycles. The maximum absolute atomic E-state index is 12.1. The van der Waals surface area contributed by atoms with Crippen molar-refractivity contribution in [3.63, 3.8) is 0 Å². The van der Waals surface area contributed by atoms with Gasteiger partial charge in [0.2, 0.25) is 0 Å². The lowest BCUT2D eigenvalue weighted by molar-refractivity contribution is -0.141. The van der Waals surface area contributed by atoms with Crippen LogP contribution in [0.2, 0.25) is 0 Å². The van der Waals surface area contributed by atoms with Crippen LogP contribution in [0.15, 0.2) is 15.5 Å². The van der Waals surface area contributed by atoms with Crippen LogP contribution >= 0.6 is 15.9 Å². The number of aromatic nitrogens is 2. The van der Waals surface area contributed by atoms with Crippen LogP contribution in [-0.2, 0) is 20.8 Å². The van der Waals surface area contributed by atoms with Gasteiger partial charge in [-0.2, -0.15) is 5.10 Å². The number of carbonyl (C=O) groups is 1. The lowest BCUT2D eigenvalue weighted by Crippen LogP contribution is -2.36. The Morgan fingerprint density at radius 3 is 3.05 bits per heavy atom. The number of anilines is 1. The summed E-state index contributed by atoms with van der Waals surface area (Å²) in [6.45, 7) is 3.07. The third kappa shape index (κ3) is 3.18. The molecule has 0 saturated carbocycles. The summed E-state index contributed by atoms with van der Waals surface area (Å²) >= 11 is 3.25. The van der Waals surface area contributed by atoms with Crippen LogP contribution < -0.4 is 10.9 Å². The normalized spacial score (nSPS) is 21.8. The molecule has 1 N–H and O–H groups in total. The highest BCUT2D eigenvalue weighted by Crippen LogP contribution is 2.26. The summed E-state index contributed by atoms with van der Waals surface area (Å²) in [6.07, 6.45) is 2.36. The first-order chi connectivity index (χ1) is 9.45. The third-order valence-corrected chi connectivity index (χ3v) is 3.91. The van der Waals surface area contributed by atoms with Gasteiger partial charge >= 0.3 is 5.97 Å². The second-order valence-corrected chi connectivity index (χ2v) is 5.69. The SMILES string of the molecule is COC(=O)Cn1ncc(NC2(C)CCOC2)c(Br)c1=O. The van der Waals surface area contributed by atoms with Gasteiger partial charge in [0.15, 0.2) is 0 Å². The molecule has 0 aliphatic carbocycles. The first kappa shape index (κ1) is 15.0. The Morgan fingerprint density at radius 1 is 1.70 bits per heavy atom. The Balaban J connectivity index is 2.22. The van der Waals surface area contributed by atoms with Gasteiger partial charge in [-0.1, -0.05) is 0 Å². The maximum Gasteiger partial charge on any atom is 0.327 e. The molecule has 0 bridgehead atoms. The zero-order valence-electron chi connectivity index (χ0n) is 11.3. The standard InChI is InChI=1S/C12H16BrN3O4/c1-12(3-4-20-7-12)15-8-5-14-16(6-9(17)19-2)11(18)10(8)13/h5,15H,3-4,6-7H2,1-2H3. The summed E-state index contributed by atoms with van der Waals surface area (Å²) in [7, 11) is 1.26. The van der Waals surface area contributed by atoms with Gasteiger partial charge < -0.3 is 14.8 Å². The summed E-state index contributed by atoms with van der Waals surface area (Å²) < 4.78 is 11.3. The molecule has 1 atom stereocenters. The highest BCUT2D eigenvalue weighted by molar-refractivity contribution is 9.10. The summed E-state index contributed by atoms with van der Waals surface area (Å²) in [6, 6.07) is 0. The Hall–Kier alpha value is -1.41. The van der Waals surface area contributed by atoms with Gasteiger partial charge in [-0.3, -0.25) is 9.59 Å². The van der Waals surface area contributed by atoms with Crippen molar-refractivity contribution >= 4 is 27.6 Å². The number of methoxy groups -OCH3 is 1. The van der Waals surface area contributed by atoms with Gasteiger partial charge in [-0.15, -0.1) is 0 Å². The van der Waals surface area contributed by atoms with E-state index in [-0.39, 0.29) is 17.6 Å². The van der Waals surface area contributed by atoms with E-state index in [1.165, 1.54) is 13.3 Å². The van der Waals surface area contributed by atoms with Gasteiger partial charge in [0, 0.05) is 6.61 Å². The van der Waals surface area contributed by atoms with E-state index in [2.05, 4.69) is 31.1 Å². The predicted octanol–water partition coefficient (Wildman–Crippen LogP) is 0.770. The van der Waals surface area contributed by atoms with Gasteiger partial charge in [0.05, 0.1) is 31.1 Å². The third-order valence-electron chi connectivity index (χ3n) is 3.15.